The van der Waals surface area contributed by atoms with E-state index in [1.54, 1.807) is 0 Å². The van der Waals surface area contributed by atoms with Crippen molar-refractivity contribution in [3.05, 3.63) is 0 Å². The van der Waals surface area contributed by atoms with Crippen LogP contribution in [-0.2, 0) is 4.74 Å². The Labute approximate surface area is 112 Å². The first-order valence-electron chi connectivity index (χ1n) is 7.90. The van der Waals surface area contributed by atoms with Gasteiger partial charge in [0.15, 0.2) is 0 Å². The van der Waals surface area contributed by atoms with Gasteiger partial charge >= 0.3 is 0 Å². The Bertz CT molecular complexity index is 231. The first-order valence-corrected chi connectivity index (χ1v) is 7.90. The summed E-state index contributed by atoms with van der Waals surface area (Å²) >= 11 is 0. The fourth-order valence-corrected chi connectivity index (χ4v) is 3.55. The molecular formula is C15H30N2O. The smallest absolute Gasteiger partial charge is 0.0674 e. The van der Waals surface area contributed by atoms with E-state index in [0.29, 0.717) is 12.1 Å². The SMILES string of the molecule is CCNC1CCCCCCC1N1CCOC(C)C1. The Morgan fingerprint density at radius 2 is 1.94 bits per heavy atom. The summed E-state index contributed by atoms with van der Waals surface area (Å²) in [6.07, 6.45) is 8.77. The molecule has 1 saturated carbocycles. The number of nitrogens with one attached hydrogen (secondary N) is 1. The Morgan fingerprint density at radius 3 is 2.67 bits per heavy atom. The fraction of sp³-hybridized carbons (Fsp3) is 1.00. The first kappa shape index (κ1) is 14.3. The molecule has 1 aliphatic carbocycles. The van der Waals surface area contributed by atoms with Gasteiger partial charge in [-0.05, 0) is 26.3 Å². The van der Waals surface area contributed by atoms with Gasteiger partial charge in [0.2, 0.25) is 0 Å². The van der Waals surface area contributed by atoms with Crippen molar-refractivity contribution in [2.24, 2.45) is 0 Å². The van der Waals surface area contributed by atoms with Crippen molar-refractivity contribution in [2.75, 3.05) is 26.2 Å². The molecule has 1 aliphatic heterocycles. The Balaban J connectivity index is 1.98. The second kappa shape index (κ2) is 7.46. The van der Waals surface area contributed by atoms with Crippen LogP contribution in [0.25, 0.3) is 0 Å². The van der Waals surface area contributed by atoms with Gasteiger partial charge in [-0.15, -0.1) is 0 Å². The molecule has 0 spiro atoms. The van der Waals surface area contributed by atoms with Crippen LogP contribution >= 0.6 is 0 Å². The summed E-state index contributed by atoms with van der Waals surface area (Å²) in [5.41, 5.74) is 0. The van der Waals surface area contributed by atoms with Crippen molar-refractivity contribution in [2.45, 2.75) is 70.6 Å². The first-order chi connectivity index (χ1) is 8.81. The predicted molar refractivity (Wildman–Crippen MR) is 75.9 cm³/mol. The predicted octanol–water partition coefficient (Wildman–Crippen LogP) is 2.41. The molecule has 1 heterocycles. The summed E-state index contributed by atoms with van der Waals surface area (Å²) in [7, 11) is 0. The average Bonchev–Trinajstić information content (AvgIpc) is 2.33. The maximum atomic E-state index is 5.69. The van der Waals surface area contributed by atoms with E-state index in [0.717, 1.165) is 32.3 Å². The van der Waals surface area contributed by atoms with Crippen LogP contribution in [0.2, 0.25) is 0 Å². The largest absolute Gasteiger partial charge is 0.376 e. The van der Waals surface area contributed by atoms with Crippen molar-refractivity contribution in [3.8, 4) is 0 Å². The minimum Gasteiger partial charge on any atom is -0.376 e. The zero-order valence-corrected chi connectivity index (χ0v) is 12.2. The van der Waals surface area contributed by atoms with Gasteiger partial charge in [0, 0.05) is 25.2 Å². The highest BCUT2D eigenvalue weighted by Gasteiger charge is 2.30. The number of rotatable bonds is 3. The molecule has 0 aromatic rings. The van der Waals surface area contributed by atoms with E-state index in [1.807, 2.05) is 0 Å². The zero-order chi connectivity index (χ0) is 12.8. The summed E-state index contributed by atoms with van der Waals surface area (Å²) in [5, 5.41) is 3.73. The molecule has 2 rings (SSSR count). The third-order valence-corrected chi connectivity index (χ3v) is 4.44. The van der Waals surface area contributed by atoms with Crippen LogP contribution in [0.3, 0.4) is 0 Å². The molecule has 0 aromatic carbocycles. The van der Waals surface area contributed by atoms with E-state index in [-0.39, 0.29) is 0 Å². The van der Waals surface area contributed by atoms with E-state index >= 15 is 0 Å². The average molecular weight is 254 g/mol. The van der Waals surface area contributed by atoms with Crippen LogP contribution in [0, 0.1) is 0 Å². The van der Waals surface area contributed by atoms with Crippen molar-refractivity contribution in [3.63, 3.8) is 0 Å². The number of nitrogens with zero attached hydrogens (tertiary/aromatic N) is 1. The summed E-state index contributed by atoms with van der Waals surface area (Å²) < 4.78 is 5.69. The molecule has 3 heteroatoms. The second-order valence-corrected chi connectivity index (χ2v) is 5.90. The number of likely N-dealkylation sites (N-methyl/N-ethyl adjacent to an activating group) is 1. The number of hydrogen-bond donors (Lipinski definition) is 1. The van der Waals surface area contributed by atoms with Crippen molar-refractivity contribution in [1.82, 2.24) is 10.2 Å². The summed E-state index contributed by atoms with van der Waals surface area (Å²) in [5.74, 6) is 0. The molecule has 3 nitrogen and oxygen atoms in total. The van der Waals surface area contributed by atoms with Crippen LogP contribution < -0.4 is 5.32 Å². The molecule has 0 aromatic heterocycles. The van der Waals surface area contributed by atoms with Crippen LogP contribution in [0.15, 0.2) is 0 Å². The van der Waals surface area contributed by atoms with E-state index in [2.05, 4.69) is 24.1 Å². The molecule has 0 radical (unpaired) electrons. The molecule has 106 valence electrons. The number of morpholine rings is 1. The molecule has 2 fully saturated rings. The molecule has 0 bridgehead atoms. The van der Waals surface area contributed by atoms with Gasteiger partial charge in [-0.3, -0.25) is 4.90 Å². The van der Waals surface area contributed by atoms with Crippen LogP contribution in [-0.4, -0.2) is 49.3 Å². The highest BCUT2D eigenvalue weighted by Crippen LogP contribution is 2.23. The van der Waals surface area contributed by atoms with Gasteiger partial charge in [0.05, 0.1) is 12.7 Å². The second-order valence-electron chi connectivity index (χ2n) is 5.90. The lowest BCUT2D eigenvalue weighted by Gasteiger charge is -2.42. The van der Waals surface area contributed by atoms with Gasteiger partial charge in [-0.1, -0.05) is 32.6 Å². The van der Waals surface area contributed by atoms with Crippen molar-refractivity contribution in [1.29, 1.82) is 0 Å². The summed E-state index contributed by atoms with van der Waals surface area (Å²) in [6.45, 7) is 8.69. The fourth-order valence-electron chi connectivity index (χ4n) is 3.55. The molecule has 3 atom stereocenters. The molecule has 0 amide bonds. The standard InChI is InChI=1S/C15H30N2O/c1-3-16-14-8-6-4-5-7-9-15(14)17-10-11-18-13(2)12-17/h13-16H,3-12H2,1-2H3. The third kappa shape index (κ3) is 3.94. The lowest BCUT2D eigenvalue weighted by molar-refractivity contribution is -0.0426. The van der Waals surface area contributed by atoms with Gasteiger partial charge in [-0.25, -0.2) is 0 Å². The molecule has 3 unspecified atom stereocenters. The Morgan fingerprint density at radius 1 is 1.17 bits per heavy atom. The van der Waals surface area contributed by atoms with E-state index in [9.17, 15) is 0 Å². The molecule has 2 aliphatic rings. The maximum absolute atomic E-state index is 5.69. The van der Waals surface area contributed by atoms with Gasteiger partial charge < -0.3 is 10.1 Å². The summed E-state index contributed by atoms with van der Waals surface area (Å²) in [6, 6.07) is 1.43. The zero-order valence-electron chi connectivity index (χ0n) is 12.2. The lowest BCUT2D eigenvalue weighted by Crippen LogP contribution is -2.55. The van der Waals surface area contributed by atoms with Gasteiger partial charge in [0.25, 0.3) is 0 Å². The number of ether oxygens (including phenoxy) is 1. The topological polar surface area (TPSA) is 24.5 Å². The highest BCUT2D eigenvalue weighted by atomic mass is 16.5. The Hall–Kier alpha value is -0.120. The lowest BCUT2D eigenvalue weighted by atomic mass is 9.90. The van der Waals surface area contributed by atoms with Crippen LogP contribution in [0.5, 0.6) is 0 Å². The molecule has 1 N–H and O–H groups in total. The molecule has 18 heavy (non-hydrogen) atoms. The van der Waals surface area contributed by atoms with Crippen molar-refractivity contribution < 1.29 is 4.74 Å². The minimum atomic E-state index is 0.409. The monoisotopic (exact) mass is 254 g/mol. The van der Waals surface area contributed by atoms with Gasteiger partial charge in [-0.2, -0.15) is 0 Å². The quantitative estimate of drug-likeness (QED) is 0.837. The van der Waals surface area contributed by atoms with Crippen LogP contribution in [0.1, 0.15) is 52.4 Å². The molecule has 1 saturated heterocycles. The number of hydrogen-bond acceptors (Lipinski definition) is 3. The van der Waals surface area contributed by atoms with E-state index in [4.69, 9.17) is 4.74 Å². The normalized spacial score (nSPS) is 36.0. The van der Waals surface area contributed by atoms with Crippen molar-refractivity contribution >= 4 is 0 Å². The minimum absolute atomic E-state index is 0.409. The van der Waals surface area contributed by atoms with E-state index < -0.39 is 0 Å². The van der Waals surface area contributed by atoms with Gasteiger partial charge in [0.1, 0.15) is 0 Å². The highest BCUT2D eigenvalue weighted by molar-refractivity contribution is 4.87. The maximum Gasteiger partial charge on any atom is 0.0674 e. The van der Waals surface area contributed by atoms with Crippen LogP contribution in [0.4, 0.5) is 0 Å². The molecular weight excluding hydrogens is 224 g/mol. The summed E-state index contributed by atoms with van der Waals surface area (Å²) in [4.78, 5) is 2.69. The Kier molecular flexibility index (Phi) is 5.93. The third-order valence-electron chi connectivity index (χ3n) is 4.44. The van der Waals surface area contributed by atoms with E-state index in [1.165, 1.54) is 38.5 Å².